The molecule has 0 aromatic heterocycles. The van der Waals surface area contributed by atoms with Gasteiger partial charge in [0.2, 0.25) is 0 Å². The van der Waals surface area contributed by atoms with E-state index in [2.05, 4.69) is 49.1 Å². The lowest BCUT2D eigenvalue weighted by atomic mass is 10.1. The van der Waals surface area contributed by atoms with E-state index in [9.17, 15) is 0 Å². The van der Waals surface area contributed by atoms with Gasteiger partial charge in [-0.05, 0) is 55.7 Å². The Hall–Kier alpha value is -0.630. The van der Waals surface area contributed by atoms with Gasteiger partial charge in [-0.15, -0.1) is 0 Å². The summed E-state index contributed by atoms with van der Waals surface area (Å²) in [6.07, 6.45) is 2.67. The van der Waals surface area contributed by atoms with E-state index in [-0.39, 0.29) is 0 Å². The van der Waals surface area contributed by atoms with Gasteiger partial charge in [0, 0.05) is 17.5 Å². The van der Waals surface area contributed by atoms with Gasteiger partial charge in [0.1, 0.15) is 0 Å². The van der Waals surface area contributed by atoms with Gasteiger partial charge < -0.3 is 5.32 Å². The number of hydrogen-bond acceptors (Lipinski definition) is 2. The zero-order valence-corrected chi connectivity index (χ0v) is 10.4. The molecule has 1 aliphatic heterocycles. The molecule has 15 heavy (non-hydrogen) atoms. The summed E-state index contributed by atoms with van der Waals surface area (Å²) in [5, 5.41) is 3.63. The second-order valence-corrected chi connectivity index (χ2v) is 5.51. The molecular formula is C13H19NS. The third-order valence-electron chi connectivity index (χ3n) is 3.04. The van der Waals surface area contributed by atoms with Crippen LogP contribution in [-0.2, 0) is 0 Å². The average Bonchev–Trinajstić information content (AvgIpc) is 2.25. The zero-order chi connectivity index (χ0) is 10.7. The topological polar surface area (TPSA) is 12.0 Å². The summed E-state index contributed by atoms with van der Waals surface area (Å²) in [7, 11) is 0. The van der Waals surface area contributed by atoms with E-state index < -0.39 is 0 Å². The van der Waals surface area contributed by atoms with Gasteiger partial charge in [-0.3, -0.25) is 0 Å². The largest absolute Gasteiger partial charge is 0.381 e. The van der Waals surface area contributed by atoms with Crippen LogP contribution in [0.2, 0.25) is 0 Å². The highest BCUT2D eigenvalue weighted by Gasteiger charge is 2.13. The molecule has 1 heterocycles. The molecule has 2 rings (SSSR count). The van der Waals surface area contributed by atoms with Crippen LogP contribution in [0.5, 0.6) is 0 Å². The Balaban J connectivity index is 2.00. The monoisotopic (exact) mass is 221 g/mol. The highest BCUT2D eigenvalue weighted by molar-refractivity contribution is 7.99. The summed E-state index contributed by atoms with van der Waals surface area (Å²) >= 11 is 2.07. The fraction of sp³-hybridized carbons (Fsp3) is 0.538. The minimum absolute atomic E-state index is 0.672. The van der Waals surface area contributed by atoms with Gasteiger partial charge in [0.25, 0.3) is 0 Å². The molecule has 1 atom stereocenters. The SMILES string of the molecule is Cc1ccc(N[C@H]2CCCSC2)cc1C. The molecule has 0 aliphatic carbocycles. The number of thioether (sulfide) groups is 1. The highest BCUT2D eigenvalue weighted by Crippen LogP contribution is 2.22. The molecule has 0 amide bonds. The minimum atomic E-state index is 0.672. The van der Waals surface area contributed by atoms with E-state index in [1.165, 1.54) is 41.2 Å². The third-order valence-corrected chi connectivity index (χ3v) is 4.25. The molecule has 1 N–H and O–H groups in total. The van der Waals surface area contributed by atoms with E-state index >= 15 is 0 Å². The first-order chi connectivity index (χ1) is 7.25. The lowest BCUT2D eigenvalue weighted by Gasteiger charge is -2.23. The lowest BCUT2D eigenvalue weighted by Crippen LogP contribution is -2.25. The lowest BCUT2D eigenvalue weighted by molar-refractivity contribution is 0.685. The maximum Gasteiger partial charge on any atom is 0.0352 e. The zero-order valence-electron chi connectivity index (χ0n) is 9.55. The summed E-state index contributed by atoms with van der Waals surface area (Å²) in [5.74, 6) is 2.60. The Morgan fingerprint density at radius 2 is 2.13 bits per heavy atom. The molecule has 0 unspecified atom stereocenters. The van der Waals surface area contributed by atoms with E-state index in [4.69, 9.17) is 0 Å². The Morgan fingerprint density at radius 3 is 2.80 bits per heavy atom. The molecular weight excluding hydrogens is 202 g/mol. The maximum absolute atomic E-state index is 3.63. The van der Waals surface area contributed by atoms with Crippen LogP contribution in [0.4, 0.5) is 5.69 Å². The Morgan fingerprint density at radius 1 is 1.27 bits per heavy atom. The summed E-state index contributed by atoms with van der Waals surface area (Å²) < 4.78 is 0. The maximum atomic E-state index is 3.63. The first-order valence-corrected chi connectivity index (χ1v) is 6.83. The van der Waals surface area contributed by atoms with E-state index in [1.807, 2.05) is 0 Å². The standard InChI is InChI=1S/C13H19NS/c1-10-5-6-12(8-11(10)2)14-13-4-3-7-15-9-13/h5-6,8,13-14H,3-4,7,9H2,1-2H3/t13-/m0/s1. The van der Waals surface area contributed by atoms with Crippen molar-refractivity contribution in [2.45, 2.75) is 32.7 Å². The predicted molar refractivity (Wildman–Crippen MR) is 69.9 cm³/mol. The Kier molecular flexibility index (Phi) is 3.57. The van der Waals surface area contributed by atoms with Crippen molar-refractivity contribution in [3.8, 4) is 0 Å². The van der Waals surface area contributed by atoms with Gasteiger partial charge in [-0.2, -0.15) is 11.8 Å². The second-order valence-electron chi connectivity index (χ2n) is 4.36. The van der Waals surface area contributed by atoms with Crippen LogP contribution in [0.3, 0.4) is 0 Å². The van der Waals surface area contributed by atoms with Crippen molar-refractivity contribution in [2.75, 3.05) is 16.8 Å². The van der Waals surface area contributed by atoms with Crippen molar-refractivity contribution < 1.29 is 0 Å². The van der Waals surface area contributed by atoms with Crippen molar-refractivity contribution in [3.63, 3.8) is 0 Å². The van der Waals surface area contributed by atoms with Crippen LogP contribution in [0.25, 0.3) is 0 Å². The van der Waals surface area contributed by atoms with E-state index in [0.29, 0.717) is 6.04 Å². The molecule has 1 fully saturated rings. The normalized spacial score (nSPS) is 21.3. The molecule has 1 aromatic carbocycles. The summed E-state index contributed by atoms with van der Waals surface area (Å²) in [6, 6.07) is 7.33. The van der Waals surface area contributed by atoms with E-state index in [0.717, 1.165) is 0 Å². The number of hydrogen-bond donors (Lipinski definition) is 1. The first kappa shape index (κ1) is 10.9. The van der Waals surface area contributed by atoms with Crippen LogP contribution in [0.1, 0.15) is 24.0 Å². The summed E-state index contributed by atoms with van der Waals surface area (Å²) in [4.78, 5) is 0. The number of nitrogens with one attached hydrogen (secondary N) is 1. The molecule has 0 spiro atoms. The third kappa shape index (κ3) is 2.91. The van der Waals surface area contributed by atoms with Crippen LogP contribution in [-0.4, -0.2) is 17.5 Å². The van der Waals surface area contributed by atoms with Crippen molar-refractivity contribution in [2.24, 2.45) is 0 Å². The predicted octanol–water partition coefficient (Wildman–Crippen LogP) is 3.61. The summed E-state index contributed by atoms with van der Waals surface area (Å²) in [6.45, 7) is 4.34. The van der Waals surface area contributed by atoms with Gasteiger partial charge in [0.05, 0.1) is 0 Å². The second kappa shape index (κ2) is 4.93. The first-order valence-electron chi connectivity index (χ1n) is 5.67. The number of rotatable bonds is 2. The van der Waals surface area contributed by atoms with Crippen molar-refractivity contribution in [1.29, 1.82) is 0 Å². The number of benzene rings is 1. The number of anilines is 1. The average molecular weight is 221 g/mol. The minimum Gasteiger partial charge on any atom is -0.381 e. The molecule has 1 saturated heterocycles. The fourth-order valence-electron chi connectivity index (χ4n) is 1.92. The number of aryl methyl sites for hydroxylation is 2. The van der Waals surface area contributed by atoms with Crippen molar-refractivity contribution in [1.82, 2.24) is 0 Å². The molecule has 2 heteroatoms. The molecule has 0 saturated carbocycles. The van der Waals surface area contributed by atoms with Gasteiger partial charge >= 0.3 is 0 Å². The summed E-state index contributed by atoms with van der Waals surface area (Å²) in [5.41, 5.74) is 4.03. The van der Waals surface area contributed by atoms with Crippen LogP contribution in [0, 0.1) is 13.8 Å². The Labute approximate surface area is 96.7 Å². The fourth-order valence-corrected chi connectivity index (χ4v) is 2.99. The molecule has 0 bridgehead atoms. The van der Waals surface area contributed by atoms with Crippen molar-refractivity contribution in [3.05, 3.63) is 29.3 Å². The van der Waals surface area contributed by atoms with Crippen LogP contribution in [0.15, 0.2) is 18.2 Å². The van der Waals surface area contributed by atoms with Gasteiger partial charge in [-0.25, -0.2) is 0 Å². The molecule has 1 aromatic rings. The molecule has 82 valence electrons. The van der Waals surface area contributed by atoms with Gasteiger partial charge in [0.15, 0.2) is 0 Å². The highest BCUT2D eigenvalue weighted by atomic mass is 32.2. The van der Waals surface area contributed by atoms with Gasteiger partial charge in [-0.1, -0.05) is 6.07 Å². The van der Waals surface area contributed by atoms with Crippen LogP contribution < -0.4 is 5.32 Å². The Bertz CT molecular complexity index is 329. The van der Waals surface area contributed by atoms with E-state index in [1.54, 1.807) is 0 Å². The molecule has 1 nitrogen and oxygen atoms in total. The van der Waals surface area contributed by atoms with Crippen molar-refractivity contribution >= 4 is 17.4 Å². The smallest absolute Gasteiger partial charge is 0.0352 e. The van der Waals surface area contributed by atoms with Crippen LogP contribution >= 0.6 is 11.8 Å². The quantitative estimate of drug-likeness (QED) is 0.818. The molecule has 1 aliphatic rings. The molecule has 0 radical (unpaired) electrons.